The van der Waals surface area contributed by atoms with Crippen molar-refractivity contribution >= 4 is 28.9 Å². The van der Waals surface area contributed by atoms with Crippen LogP contribution in [0.1, 0.15) is 23.2 Å². The van der Waals surface area contributed by atoms with Gasteiger partial charge in [-0.3, -0.25) is 0 Å². The van der Waals surface area contributed by atoms with Crippen molar-refractivity contribution < 1.29 is 14.6 Å². The Kier molecular flexibility index (Phi) is 6.56. The topological polar surface area (TPSA) is 71.2 Å². The predicted octanol–water partition coefficient (Wildman–Crippen LogP) is 5.20. The van der Waals surface area contributed by atoms with E-state index in [1.54, 1.807) is 12.1 Å². The van der Waals surface area contributed by atoms with Crippen LogP contribution in [0.15, 0.2) is 58.8 Å². The molecule has 0 spiro atoms. The fourth-order valence-corrected chi connectivity index (χ4v) is 1.97. The molecule has 0 unspecified atom stereocenters. The molecule has 23 heavy (non-hydrogen) atoms. The third-order valence-corrected chi connectivity index (χ3v) is 3.30. The average Bonchev–Trinajstić information content (AvgIpc) is 2.58. The van der Waals surface area contributed by atoms with Crippen molar-refractivity contribution in [2.24, 2.45) is 10.2 Å². The van der Waals surface area contributed by atoms with Gasteiger partial charge < -0.3 is 9.84 Å². The third-order valence-electron chi connectivity index (χ3n) is 3.03. The molecule has 6 heteroatoms. The minimum Gasteiger partial charge on any atom is -0.494 e. The van der Waals surface area contributed by atoms with Crippen LogP contribution in [0.2, 0.25) is 0 Å². The maximum Gasteiger partial charge on any atom is 0.335 e. The quantitative estimate of drug-likeness (QED) is 0.410. The lowest BCUT2D eigenvalue weighted by Crippen LogP contribution is -1.96. The summed E-state index contributed by atoms with van der Waals surface area (Å²) in [5, 5.41) is 17.0. The molecule has 0 amide bonds. The minimum atomic E-state index is -0.963. The zero-order valence-corrected chi connectivity index (χ0v) is 13.2. The molecule has 2 aromatic carbocycles. The average molecular weight is 333 g/mol. The van der Waals surface area contributed by atoms with E-state index in [0.29, 0.717) is 23.9 Å². The number of nitrogens with zero attached hydrogens (tertiary/aromatic N) is 2. The number of halogens is 1. The van der Waals surface area contributed by atoms with Gasteiger partial charge in [-0.2, -0.15) is 10.2 Å². The van der Waals surface area contributed by atoms with Crippen molar-refractivity contribution in [2.45, 2.75) is 12.8 Å². The third kappa shape index (κ3) is 5.71. The Morgan fingerprint density at radius 2 is 1.52 bits per heavy atom. The molecule has 0 radical (unpaired) electrons. The number of unbranched alkanes of at least 4 members (excludes halogenated alkanes) is 1. The van der Waals surface area contributed by atoms with E-state index in [9.17, 15) is 4.79 Å². The maximum absolute atomic E-state index is 10.8. The molecule has 0 saturated heterocycles. The van der Waals surface area contributed by atoms with Crippen molar-refractivity contribution in [1.82, 2.24) is 0 Å². The molecule has 0 aliphatic rings. The summed E-state index contributed by atoms with van der Waals surface area (Å²) in [5.41, 5.74) is 1.51. The van der Waals surface area contributed by atoms with Crippen LogP contribution in [0, 0.1) is 0 Å². The molecule has 5 nitrogen and oxygen atoms in total. The number of carboxylic acid groups (broad SMARTS) is 1. The van der Waals surface area contributed by atoms with E-state index in [4.69, 9.17) is 21.4 Å². The number of benzene rings is 2. The number of carbonyl (C=O) groups is 1. The molecular weight excluding hydrogens is 316 g/mol. The minimum absolute atomic E-state index is 0.222. The SMILES string of the molecule is O=C(O)c1ccc(N=Nc2ccc(OCCCCCl)cc2)cc1. The summed E-state index contributed by atoms with van der Waals surface area (Å²) in [7, 11) is 0. The smallest absolute Gasteiger partial charge is 0.335 e. The zero-order chi connectivity index (χ0) is 16.5. The molecular formula is C17H17ClN2O3. The van der Waals surface area contributed by atoms with Gasteiger partial charge in [0.25, 0.3) is 0 Å². The lowest BCUT2D eigenvalue weighted by atomic mass is 10.2. The second kappa shape index (κ2) is 8.90. The van der Waals surface area contributed by atoms with Gasteiger partial charge >= 0.3 is 5.97 Å². The first-order valence-corrected chi connectivity index (χ1v) is 7.76. The Labute approximate surface area is 139 Å². The van der Waals surface area contributed by atoms with E-state index in [-0.39, 0.29) is 5.56 Å². The van der Waals surface area contributed by atoms with Gasteiger partial charge in [0, 0.05) is 5.88 Å². The van der Waals surface area contributed by atoms with Crippen molar-refractivity contribution in [3.63, 3.8) is 0 Å². The summed E-state index contributed by atoms with van der Waals surface area (Å²) < 4.78 is 5.57. The number of alkyl halides is 1. The summed E-state index contributed by atoms with van der Waals surface area (Å²) in [4.78, 5) is 10.8. The molecule has 0 atom stereocenters. The van der Waals surface area contributed by atoms with Crippen molar-refractivity contribution in [3.8, 4) is 5.75 Å². The van der Waals surface area contributed by atoms with Crippen molar-refractivity contribution in [3.05, 3.63) is 54.1 Å². The maximum atomic E-state index is 10.8. The summed E-state index contributed by atoms with van der Waals surface area (Å²) in [5.74, 6) is 0.468. The fourth-order valence-electron chi connectivity index (χ4n) is 1.78. The van der Waals surface area contributed by atoms with E-state index in [2.05, 4.69) is 10.2 Å². The van der Waals surface area contributed by atoms with Gasteiger partial charge in [0.15, 0.2) is 0 Å². The number of hydrogen-bond acceptors (Lipinski definition) is 4. The van der Waals surface area contributed by atoms with Crippen LogP contribution in [0.25, 0.3) is 0 Å². The zero-order valence-electron chi connectivity index (χ0n) is 12.5. The lowest BCUT2D eigenvalue weighted by Gasteiger charge is -2.05. The first-order chi connectivity index (χ1) is 11.2. The summed E-state index contributed by atoms with van der Waals surface area (Å²) >= 11 is 5.61. The van der Waals surface area contributed by atoms with Gasteiger partial charge in [0.05, 0.1) is 23.5 Å². The first-order valence-electron chi connectivity index (χ1n) is 7.23. The van der Waals surface area contributed by atoms with E-state index in [1.165, 1.54) is 12.1 Å². The Balaban J connectivity index is 1.90. The highest BCUT2D eigenvalue weighted by Gasteiger charge is 2.01. The van der Waals surface area contributed by atoms with Gasteiger partial charge in [-0.25, -0.2) is 4.79 Å². The van der Waals surface area contributed by atoms with E-state index in [0.717, 1.165) is 18.6 Å². The monoisotopic (exact) mass is 332 g/mol. The van der Waals surface area contributed by atoms with Crippen LogP contribution in [-0.2, 0) is 0 Å². The van der Waals surface area contributed by atoms with Gasteiger partial charge in [-0.15, -0.1) is 11.6 Å². The Bertz CT molecular complexity index is 655. The molecule has 0 aliphatic carbocycles. The molecule has 2 rings (SSSR count). The van der Waals surface area contributed by atoms with Crippen LogP contribution in [0.5, 0.6) is 5.75 Å². The molecule has 0 saturated carbocycles. The Morgan fingerprint density at radius 3 is 2.04 bits per heavy atom. The molecule has 0 bridgehead atoms. The number of azo groups is 1. The Morgan fingerprint density at radius 1 is 0.957 bits per heavy atom. The molecule has 120 valence electrons. The van der Waals surface area contributed by atoms with Gasteiger partial charge in [-0.05, 0) is 61.4 Å². The molecule has 0 aliphatic heterocycles. The predicted molar refractivity (Wildman–Crippen MR) is 89.5 cm³/mol. The highest BCUT2D eigenvalue weighted by Crippen LogP contribution is 2.21. The summed E-state index contributed by atoms with van der Waals surface area (Å²) in [6, 6.07) is 13.5. The van der Waals surface area contributed by atoms with Crippen LogP contribution in [-0.4, -0.2) is 23.6 Å². The largest absolute Gasteiger partial charge is 0.494 e. The summed E-state index contributed by atoms with van der Waals surface area (Å²) in [6.07, 6.45) is 1.87. The second-order valence-electron chi connectivity index (χ2n) is 4.79. The number of hydrogen-bond donors (Lipinski definition) is 1. The molecule has 0 aromatic heterocycles. The van der Waals surface area contributed by atoms with Crippen molar-refractivity contribution in [2.75, 3.05) is 12.5 Å². The number of aromatic carboxylic acids is 1. The lowest BCUT2D eigenvalue weighted by molar-refractivity contribution is 0.0697. The van der Waals surface area contributed by atoms with Crippen LogP contribution in [0.4, 0.5) is 11.4 Å². The van der Waals surface area contributed by atoms with Crippen LogP contribution in [0.3, 0.4) is 0 Å². The highest BCUT2D eigenvalue weighted by atomic mass is 35.5. The molecule has 1 N–H and O–H groups in total. The standard InChI is InChI=1S/C17H17ClN2O3/c18-11-1-2-12-23-16-9-7-15(8-10-16)20-19-14-5-3-13(4-6-14)17(21)22/h3-10H,1-2,11-12H2,(H,21,22). The van der Waals surface area contributed by atoms with Crippen LogP contribution >= 0.6 is 11.6 Å². The van der Waals surface area contributed by atoms with Gasteiger partial charge in [0.1, 0.15) is 5.75 Å². The number of carboxylic acids is 1. The van der Waals surface area contributed by atoms with Gasteiger partial charge in [-0.1, -0.05) is 0 Å². The van der Waals surface area contributed by atoms with Gasteiger partial charge in [0.2, 0.25) is 0 Å². The number of rotatable bonds is 8. The normalized spacial score (nSPS) is 10.8. The highest BCUT2D eigenvalue weighted by molar-refractivity contribution is 6.17. The van der Waals surface area contributed by atoms with E-state index < -0.39 is 5.97 Å². The van der Waals surface area contributed by atoms with E-state index in [1.807, 2.05) is 24.3 Å². The summed E-state index contributed by atoms with van der Waals surface area (Å²) in [6.45, 7) is 0.642. The van der Waals surface area contributed by atoms with E-state index >= 15 is 0 Å². The molecule has 2 aromatic rings. The van der Waals surface area contributed by atoms with Crippen molar-refractivity contribution in [1.29, 1.82) is 0 Å². The fraction of sp³-hybridized carbons (Fsp3) is 0.235. The Hall–Kier alpha value is -2.40. The molecule has 0 fully saturated rings. The second-order valence-corrected chi connectivity index (χ2v) is 5.17. The van der Waals surface area contributed by atoms with Crippen LogP contribution < -0.4 is 4.74 Å². The molecule has 0 heterocycles. The number of ether oxygens (including phenoxy) is 1. The first kappa shape index (κ1) is 17.0.